The van der Waals surface area contributed by atoms with Crippen LogP contribution < -0.4 is 4.90 Å². The van der Waals surface area contributed by atoms with E-state index in [0.29, 0.717) is 16.8 Å². The standard InChI is InChI=1S/C13H11BrFN3O3/c14-11-5-17(7-16-11)10-2-1-9(8(6-19)12(10)15)18-3-4-21-13(18)20/h1-2,5,7,19H,3-4,6H2. The molecule has 21 heavy (non-hydrogen) atoms. The number of carbonyl (C=O) groups is 1. The molecule has 0 radical (unpaired) electrons. The van der Waals surface area contributed by atoms with Gasteiger partial charge in [0.15, 0.2) is 5.82 Å². The Morgan fingerprint density at radius 3 is 2.76 bits per heavy atom. The Balaban J connectivity index is 2.09. The van der Waals surface area contributed by atoms with Crippen LogP contribution >= 0.6 is 15.9 Å². The Bertz CT molecular complexity index is 704. The van der Waals surface area contributed by atoms with Crippen LogP contribution in [0.25, 0.3) is 5.69 Å². The van der Waals surface area contributed by atoms with Crippen LogP contribution in [0.3, 0.4) is 0 Å². The SMILES string of the molecule is O=C1OCCN1c1ccc(-n2cnc(Br)c2)c(F)c1CO. The van der Waals surface area contributed by atoms with Gasteiger partial charge in [-0.1, -0.05) is 0 Å². The molecule has 8 heteroatoms. The Labute approximate surface area is 127 Å². The third-order valence-corrected chi connectivity index (χ3v) is 3.65. The van der Waals surface area contributed by atoms with Crippen molar-refractivity contribution < 1.29 is 19.0 Å². The third-order valence-electron chi connectivity index (χ3n) is 3.24. The van der Waals surface area contributed by atoms with E-state index in [-0.39, 0.29) is 17.9 Å². The van der Waals surface area contributed by atoms with Crippen molar-refractivity contribution in [2.75, 3.05) is 18.1 Å². The van der Waals surface area contributed by atoms with Crippen molar-refractivity contribution in [1.29, 1.82) is 0 Å². The quantitative estimate of drug-likeness (QED) is 0.916. The molecule has 0 spiro atoms. The lowest BCUT2D eigenvalue weighted by Gasteiger charge is -2.18. The minimum absolute atomic E-state index is 0.0520. The van der Waals surface area contributed by atoms with Gasteiger partial charge in [0.2, 0.25) is 0 Å². The van der Waals surface area contributed by atoms with E-state index < -0.39 is 18.5 Å². The van der Waals surface area contributed by atoms with Gasteiger partial charge in [-0.3, -0.25) is 4.90 Å². The van der Waals surface area contributed by atoms with Gasteiger partial charge in [-0.05, 0) is 28.1 Å². The van der Waals surface area contributed by atoms with Crippen LogP contribution in [0.5, 0.6) is 0 Å². The Hall–Kier alpha value is -1.93. The maximum atomic E-state index is 14.6. The van der Waals surface area contributed by atoms with E-state index >= 15 is 0 Å². The summed E-state index contributed by atoms with van der Waals surface area (Å²) in [6.45, 7) is 0.0669. The summed E-state index contributed by atoms with van der Waals surface area (Å²) in [5.74, 6) is -0.598. The number of carbonyl (C=O) groups excluding carboxylic acids is 1. The van der Waals surface area contributed by atoms with Crippen molar-refractivity contribution >= 4 is 27.7 Å². The first-order chi connectivity index (χ1) is 10.1. The predicted octanol–water partition coefficient (Wildman–Crippen LogP) is 2.22. The number of hydrogen-bond acceptors (Lipinski definition) is 4. The van der Waals surface area contributed by atoms with E-state index in [9.17, 15) is 14.3 Å². The van der Waals surface area contributed by atoms with E-state index in [4.69, 9.17) is 4.74 Å². The van der Waals surface area contributed by atoms with Crippen molar-refractivity contribution in [3.63, 3.8) is 0 Å². The Morgan fingerprint density at radius 1 is 1.43 bits per heavy atom. The topological polar surface area (TPSA) is 67.6 Å². The van der Waals surface area contributed by atoms with Gasteiger partial charge in [0, 0.05) is 11.8 Å². The molecule has 3 rings (SSSR count). The van der Waals surface area contributed by atoms with E-state index in [1.54, 1.807) is 12.3 Å². The number of aromatic nitrogens is 2. The van der Waals surface area contributed by atoms with Crippen molar-refractivity contribution in [2.24, 2.45) is 0 Å². The summed E-state index contributed by atoms with van der Waals surface area (Å²) in [6, 6.07) is 3.12. The van der Waals surface area contributed by atoms with Crippen molar-refractivity contribution in [1.82, 2.24) is 9.55 Å². The molecule has 0 unspecified atom stereocenters. The van der Waals surface area contributed by atoms with Gasteiger partial charge in [-0.15, -0.1) is 0 Å². The van der Waals surface area contributed by atoms with Crippen molar-refractivity contribution in [3.8, 4) is 5.69 Å². The molecule has 6 nitrogen and oxygen atoms in total. The number of rotatable bonds is 3. The number of hydrogen-bond donors (Lipinski definition) is 1. The molecule has 0 aliphatic carbocycles. The number of nitrogens with zero attached hydrogens (tertiary/aromatic N) is 3. The maximum Gasteiger partial charge on any atom is 0.414 e. The number of aliphatic hydroxyl groups is 1. The van der Waals surface area contributed by atoms with Gasteiger partial charge < -0.3 is 14.4 Å². The van der Waals surface area contributed by atoms with Gasteiger partial charge in [0.25, 0.3) is 0 Å². The average molecular weight is 356 g/mol. The van der Waals surface area contributed by atoms with Gasteiger partial charge in [-0.25, -0.2) is 14.2 Å². The number of cyclic esters (lactones) is 1. The fourth-order valence-corrected chi connectivity index (χ4v) is 2.56. The number of anilines is 1. The number of aliphatic hydroxyl groups excluding tert-OH is 1. The van der Waals surface area contributed by atoms with Crippen LogP contribution in [0.15, 0.2) is 29.3 Å². The molecule has 0 atom stereocenters. The monoisotopic (exact) mass is 355 g/mol. The van der Waals surface area contributed by atoms with Crippen molar-refractivity contribution in [3.05, 3.63) is 40.6 Å². The predicted molar refractivity (Wildman–Crippen MR) is 75.8 cm³/mol. The van der Waals surface area contributed by atoms with E-state index in [1.165, 1.54) is 21.9 Å². The summed E-state index contributed by atoms with van der Waals surface area (Å²) in [4.78, 5) is 16.9. The van der Waals surface area contributed by atoms with Crippen LogP contribution in [-0.2, 0) is 11.3 Å². The number of amides is 1. The normalized spacial score (nSPS) is 14.6. The highest BCUT2D eigenvalue weighted by Crippen LogP contribution is 2.30. The summed E-state index contributed by atoms with van der Waals surface area (Å²) in [5.41, 5.74) is 0.616. The number of halogens is 2. The van der Waals surface area contributed by atoms with Gasteiger partial charge in [-0.2, -0.15) is 0 Å². The number of ether oxygens (including phenoxy) is 1. The fourth-order valence-electron chi connectivity index (χ4n) is 2.24. The maximum absolute atomic E-state index is 14.6. The van der Waals surface area contributed by atoms with Crippen LogP contribution in [0.4, 0.5) is 14.9 Å². The lowest BCUT2D eigenvalue weighted by atomic mass is 10.1. The Morgan fingerprint density at radius 2 is 2.19 bits per heavy atom. The lowest BCUT2D eigenvalue weighted by molar-refractivity contribution is 0.181. The molecule has 1 aliphatic heterocycles. The van der Waals surface area contributed by atoms with Gasteiger partial charge >= 0.3 is 6.09 Å². The molecular formula is C13H11BrFN3O3. The highest BCUT2D eigenvalue weighted by molar-refractivity contribution is 9.10. The first-order valence-corrected chi connectivity index (χ1v) is 6.97. The molecule has 1 aromatic carbocycles. The zero-order valence-electron chi connectivity index (χ0n) is 10.8. The summed E-state index contributed by atoms with van der Waals surface area (Å²) in [7, 11) is 0. The Kier molecular flexibility index (Phi) is 3.64. The minimum Gasteiger partial charge on any atom is -0.447 e. The van der Waals surface area contributed by atoms with Crippen LogP contribution in [0.2, 0.25) is 0 Å². The largest absolute Gasteiger partial charge is 0.447 e. The molecule has 1 fully saturated rings. The van der Waals surface area contributed by atoms with E-state index in [2.05, 4.69) is 20.9 Å². The second-order valence-electron chi connectivity index (χ2n) is 4.42. The van der Waals surface area contributed by atoms with E-state index in [1.807, 2.05) is 0 Å². The summed E-state index contributed by atoms with van der Waals surface area (Å²) >= 11 is 3.19. The average Bonchev–Trinajstić information content (AvgIpc) is 3.07. The molecule has 2 aromatic rings. The fraction of sp³-hybridized carbons (Fsp3) is 0.231. The minimum atomic E-state index is -0.598. The molecule has 2 heterocycles. The van der Waals surface area contributed by atoms with Crippen LogP contribution in [0.1, 0.15) is 5.56 Å². The summed E-state index contributed by atoms with van der Waals surface area (Å²) in [6.07, 6.45) is 2.51. The number of imidazole rings is 1. The van der Waals surface area contributed by atoms with Gasteiger partial charge in [0.1, 0.15) is 17.5 Å². The van der Waals surface area contributed by atoms with Crippen molar-refractivity contribution in [2.45, 2.75) is 6.61 Å². The molecule has 1 amide bonds. The molecule has 0 bridgehead atoms. The second-order valence-corrected chi connectivity index (χ2v) is 5.24. The first kappa shape index (κ1) is 14.0. The smallest absolute Gasteiger partial charge is 0.414 e. The zero-order valence-corrected chi connectivity index (χ0v) is 12.4. The number of benzene rings is 1. The highest BCUT2D eigenvalue weighted by atomic mass is 79.9. The third kappa shape index (κ3) is 2.40. The first-order valence-electron chi connectivity index (χ1n) is 6.18. The van der Waals surface area contributed by atoms with Crippen LogP contribution in [0, 0.1) is 5.82 Å². The van der Waals surface area contributed by atoms with Crippen LogP contribution in [-0.4, -0.2) is 33.9 Å². The summed E-state index contributed by atoms with van der Waals surface area (Å²) < 4.78 is 21.5. The molecule has 110 valence electrons. The van der Waals surface area contributed by atoms with E-state index in [0.717, 1.165) is 0 Å². The molecule has 1 saturated heterocycles. The molecule has 1 aromatic heterocycles. The lowest BCUT2D eigenvalue weighted by Crippen LogP contribution is -2.25. The molecule has 1 N–H and O–H groups in total. The van der Waals surface area contributed by atoms with Gasteiger partial charge in [0.05, 0.1) is 24.5 Å². The molecule has 0 saturated carbocycles. The second kappa shape index (κ2) is 5.45. The highest BCUT2D eigenvalue weighted by Gasteiger charge is 2.27. The molecule has 1 aliphatic rings. The summed E-state index contributed by atoms with van der Waals surface area (Å²) in [5, 5.41) is 9.47. The zero-order chi connectivity index (χ0) is 15.0. The molecular weight excluding hydrogens is 345 g/mol.